The molecule has 35 heavy (non-hydrogen) atoms. The molecule has 3 heterocycles. The molecule has 0 radical (unpaired) electrons. The van der Waals surface area contributed by atoms with Gasteiger partial charge in [0.2, 0.25) is 5.91 Å². The van der Waals surface area contributed by atoms with Crippen molar-refractivity contribution >= 4 is 17.6 Å². The molecule has 1 aliphatic heterocycles. The van der Waals surface area contributed by atoms with Gasteiger partial charge in [-0.05, 0) is 36.8 Å². The van der Waals surface area contributed by atoms with Crippen LogP contribution in [-0.4, -0.2) is 26.6 Å². The summed E-state index contributed by atoms with van der Waals surface area (Å²) in [4.78, 5) is 29.1. The van der Waals surface area contributed by atoms with Gasteiger partial charge >= 0.3 is 6.18 Å². The molecule has 1 unspecified atom stereocenters. The van der Waals surface area contributed by atoms with Gasteiger partial charge < -0.3 is 16.8 Å². The smallest absolute Gasteiger partial charge is 0.368 e. The first-order valence-electron chi connectivity index (χ1n) is 10.2. The molecule has 2 amide bonds. The number of amides is 2. The van der Waals surface area contributed by atoms with Crippen LogP contribution in [0.5, 0.6) is 0 Å². The van der Waals surface area contributed by atoms with Crippen molar-refractivity contribution in [3.63, 3.8) is 0 Å². The van der Waals surface area contributed by atoms with Gasteiger partial charge in [-0.3, -0.25) is 14.3 Å². The van der Waals surface area contributed by atoms with Crippen molar-refractivity contribution < 1.29 is 22.8 Å². The van der Waals surface area contributed by atoms with Crippen LogP contribution in [0.4, 0.5) is 19.0 Å². The fraction of sp³-hybridized carbons (Fsp3) is 0.174. The summed E-state index contributed by atoms with van der Waals surface area (Å²) in [5.74, 6) is -2.21. The number of aromatic nitrogens is 3. The number of pyridine rings is 1. The van der Waals surface area contributed by atoms with E-state index in [2.05, 4.69) is 15.4 Å². The van der Waals surface area contributed by atoms with E-state index in [-0.39, 0.29) is 29.3 Å². The number of halogens is 3. The van der Waals surface area contributed by atoms with Crippen LogP contribution < -0.4 is 16.8 Å². The summed E-state index contributed by atoms with van der Waals surface area (Å²) in [6, 6.07) is 11.0. The number of fused-ring (bicyclic) bond motifs is 1. The van der Waals surface area contributed by atoms with E-state index in [0.717, 1.165) is 10.8 Å². The first-order chi connectivity index (χ1) is 16.5. The zero-order valence-corrected chi connectivity index (χ0v) is 18.2. The van der Waals surface area contributed by atoms with Gasteiger partial charge in [0.1, 0.15) is 16.9 Å². The minimum atomic E-state index is -4.97. The number of nitrogens with two attached hydrogens (primary N) is 2. The Balaban J connectivity index is 2.02. The van der Waals surface area contributed by atoms with Crippen LogP contribution in [0.2, 0.25) is 0 Å². The molecule has 9 nitrogen and oxygen atoms in total. The quantitative estimate of drug-likeness (QED) is 0.507. The molecule has 12 heteroatoms. The summed E-state index contributed by atoms with van der Waals surface area (Å²) in [5.41, 5.74) is 7.70. The molecule has 1 aliphatic rings. The molecule has 0 saturated carbocycles. The fourth-order valence-electron chi connectivity index (χ4n) is 4.18. The standard InChI is InChI=1S/C23H18F3N7O2/c1-12-17(18(23(24,25)26)32-33(12)11-14-6-4-13(10-27)5-7-14)22(21(29)35)9-16(19(28)34)31-20-15(22)3-2-8-30-20/h2-9H,11H2,1H3,(H2,28,34)(H2,29,35)(H,30,31). The average molecular weight is 481 g/mol. The third kappa shape index (κ3) is 3.86. The molecule has 0 spiro atoms. The van der Waals surface area contributed by atoms with Gasteiger partial charge in [-0.2, -0.15) is 23.5 Å². The number of carbonyl (C=O) groups is 2. The lowest BCUT2D eigenvalue weighted by Gasteiger charge is -2.34. The molecule has 3 aromatic rings. The summed E-state index contributed by atoms with van der Waals surface area (Å²) in [7, 11) is 0. The first kappa shape index (κ1) is 23.5. The van der Waals surface area contributed by atoms with Crippen molar-refractivity contribution in [2.75, 3.05) is 5.32 Å². The van der Waals surface area contributed by atoms with Gasteiger partial charge in [-0.25, -0.2) is 4.98 Å². The summed E-state index contributed by atoms with van der Waals surface area (Å²) in [6.07, 6.45) is -2.63. The second kappa shape index (κ2) is 8.28. The van der Waals surface area contributed by atoms with Crippen LogP contribution in [0.1, 0.15) is 33.6 Å². The fourth-order valence-corrected chi connectivity index (χ4v) is 4.18. The lowest BCUT2D eigenvalue weighted by molar-refractivity contribution is -0.142. The Kier molecular flexibility index (Phi) is 5.56. The van der Waals surface area contributed by atoms with Crippen LogP contribution in [0.3, 0.4) is 0 Å². The summed E-state index contributed by atoms with van der Waals surface area (Å²) >= 11 is 0. The van der Waals surface area contributed by atoms with E-state index in [9.17, 15) is 22.8 Å². The minimum absolute atomic E-state index is 0.00254. The van der Waals surface area contributed by atoms with Gasteiger partial charge in [0.25, 0.3) is 5.91 Å². The maximum absolute atomic E-state index is 14.3. The Morgan fingerprint density at radius 3 is 2.46 bits per heavy atom. The molecule has 5 N–H and O–H groups in total. The second-order valence-corrected chi connectivity index (χ2v) is 7.89. The minimum Gasteiger partial charge on any atom is -0.368 e. The number of primary amides is 2. The van der Waals surface area contributed by atoms with Gasteiger partial charge in [-0.15, -0.1) is 0 Å². The second-order valence-electron chi connectivity index (χ2n) is 7.89. The molecule has 0 fully saturated rings. The number of rotatable bonds is 5. The van der Waals surface area contributed by atoms with E-state index < -0.39 is 34.7 Å². The van der Waals surface area contributed by atoms with Crippen LogP contribution in [-0.2, 0) is 27.7 Å². The maximum Gasteiger partial charge on any atom is 0.435 e. The Bertz CT molecular complexity index is 1420. The zero-order valence-electron chi connectivity index (χ0n) is 18.2. The average Bonchev–Trinajstić information content (AvgIpc) is 3.15. The number of anilines is 1. The van der Waals surface area contributed by atoms with Crippen LogP contribution >= 0.6 is 0 Å². The van der Waals surface area contributed by atoms with Crippen molar-refractivity contribution in [1.29, 1.82) is 5.26 Å². The van der Waals surface area contributed by atoms with Gasteiger partial charge in [0.15, 0.2) is 5.69 Å². The molecule has 1 aromatic carbocycles. The van der Waals surface area contributed by atoms with E-state index in [0.29, 0.717) is 11.1 Å². The van der Waals surface area contributed by atoms with E-state index in [1.165, 1.54) is 37.4 Å². The van der Waals surface area contributed by atoms with Crippen molar-refractivity contribution in [3.05, 3.63) is 88.0 Å². The van der Waals surface area contributed by atoms with E-state index in [4.69, 9.17) is 16.7 Å². The number of hydrogen-bond acceptors (Lipinski definition) is 6. The van der Waals surface area contributed by atoms with E-state index in [1.54, 1.807) is 12.1 Å². The summed E-state index contributed by atoms with van der Waals surface area (Å²) in [6.45, 7) is 1.29. The molecular weight excluding hydrogens is 463 g/mol. The molecule has 0 bridgehead atoms. The monoisotopic (exact) mass is 481 g/mol. The lowest BCUT2D eigenvalue weighted by atomic mass is 9.70. The van der Waals surface area contributed by atoms with Crippen LogP contribution in [0, 0.1) is 18.3 Å². The number of nitrogens with one attached hydrogen (secondary N) is 1. The zero-order chi connectivity index (χ0) is 25.5. The Labute approximate surface area is 196 Å². The lowest BCUT2D eigenvalue weighted by Crippen LogP contribution is -2.46. The SMILES string of the molecule is Cc1c(C2(C(N)=O)C=C(C(N)=O)Nc3ncccc32)c(C(F)(F)F)nn1Cc1ccc(C#N)cc1. The topological polar surface area (TPSA) is 153 Å². The van der Waals surface area contributed by atoms with Crippen molar-refractivity contribution in [3.8, 4) is 6.07 Å². The van der Waals surface area contributed by atoms with Gasteiger partial charge in [0.05, 0.1) is 18.2 Å². The van der Waals surface area contributed by atoms with Crippen molar-refractivity contribution in [2.45, 2.75) is 25.1 Å². The highest BCUT2D eigenvalue weighted by Crippen LogP contribution is 2.47. The largest absolute Gasteiger partial charge is 0.435 e. The number of carbonyl (C=O) groups excluding carboxylic acids is 2. The Morgan fingerprint density at radius 1 is 1.20 bits per heavy atom. The third-order valence-electron chi connectivity index (χ3n) is 5.79. The first-order valence-corrected chi connectivity index (χ1v) is 10.2. The molecular formula is C23H18F3N7O2. The molecule has 0 aliphatic carbocycles. The summed E-state index contributed by atoms with van der Waals surface area (Å²) < 4.78 is 44.0. The number of nitriles is 1. The van der Waals surface area contributed by atoms with Crippen molar-refractivity contribution in [2.24, 2.45) is 11.5 Å². The van der Waals surface area contributed by atoms with Gasteiger partial charge in [-0.1, -0.05) is 18.2 Å². The van der Waals surface area contributed by atoms with E-state index >= 15 is 0 Å². The van der Waals surface area contributed by atoms with E-state index in [1.807, 2.05) is 6.07 Å². The summed E-state index contributed by atoms with van der Waals surface area (Å²) in [5, 5.41) is 15.4. The highest BCUT2D eigenvalue weighted by Gasteiger charge is 2.52. The molecule has 1 atom stereocenters. The number of nitrogens with zero attached hydrogens (tertiary/aromatic N) is 4. The Morgan fingerprint density at radius 2 is 1.89 bits per heavy atom. The van der Waals surface area contributed by atoms with Crippen LogP contribution in [0.15, 0.2) is 54.4 Å². The normalized spacial score (nSPS) is 17.1. The highest BCUT2D eigenvalue weighted by molar-refractivity contribution is 6.03. The maximum atomic E-state index is 14.3. The molecule has 2 aromatic heterocycles. The predicted octanol–water partition coefficient (Wildman–Crippen LogP) is 2.09. The van der Waals surface area contributed by atoms with Crippen LogP contribution in [0.25, 0.3) is 0 Å². The third-order valence-corrected chi connectivity index (χ3v) is 5.79. The van der Waals surface area contributed by atoms with Crippen molar-refractivity contribution in [1.82, 2.24) is 14.8 Å². The molecule has 178 valence electrons. The van der Waals surface area contributed by atoms with Gasteiger partial charge in [0, 0.05) is 23.0 Å². The highest BCUT2D eigenvalue weighted by atomic mass is 19.4. The molecule has 4 rings (SSSR count). The number of hydrogen-bond donors (Lipinski definition) is 3. The molecule has 0 saturated heterocycles. The number of benzene rings is 1. The predicted molar refractivity (Wildman–Crippen MR) is 117 cm³/mol. The Hall–Kier alpha value is -4.66. The number of alkyl halides is 3.